The summed E-state index contributed by atoms with van der Waals surface area (Å²) >= 11 is 0. The van der Waals surface area contributed by atoms with Gasteiger partial charge in [-0.25, -0.2) is 4.79 Å². The molecule has 3 amide bonds. The Morgan fingerprint density at radius 1 is 1.50 bits per heavy atom. The highest BCUT2D eigenvalue weighted by Gasteiger charge is 2.24. The number of urea groups is 1. The quantitative estimate of drug-likeness (QED) is 0.555. The first-order valence-corrected chi connectivity index (χ1v) is 4.72. The lowest BCUT2D eigenvalue weighted by Crippen LogP contribution is -2.50. The van der Waals surface area contributed by atoms with Crippen molar-refractivity contribution in [3.05, 3.63) is 0 Å². The fourth-order valence-corrected chi connectivity index (χ4v) is 1.27. The minimum atomic E-state index is -0.250. The lowest BCUT2D eigenvalue weighted by molar-refractivity contribution is -0.119. The van der Waals surface area contributed by atoms with Gasteiger partial charge in [-0.05, 0) is 20.8 Å². The van der Waals surface area contributed by atoms with E-state index in [-0.39, 0.29) is 23.5 Å². The highest BCUT2D eigenvalue weighted by molar-refractivity contribution is 5.81. The standard InChI is InChI=1S/C9H17N3O2/c1-9(2,3)12-8(14)11-6-4-7(13)10-5-6/h6H,4-5H2,1-3H3,(H,10,13)(H2,11,12,14). The molecular weight excluding hydrogens is 182 g/mol. The van der Waals surface area contributed by atoms with E-state index in [1.807, 2.05) is 20.8 Å². The Balaban J connectivity index is 2.31. The smallest absolute Gasteiger partial charge is 0.315 e. The monoisotopic (exact) mass is 199 g/mol. The third kappa shape index (κ3) is 3.64. The molecule has 14 heavy (non-hydrogen) atoms. The molecule has 0 aromatic carbocycles. The molecule has 0 spiro atoms. The van der Waals surface area contributed by atoms with Crippen molar-refractivity contribution in [2.75, 3.05) is 6.54 Å². The Kier molecular flexibility index (Phi) is 2.98. The molecule has 1 aliphatic rings. The molecule has 0 saturated carbocycles. The molecule has 0 bridgehead atoms. The molecular formula is C9H17N3O2. The second-order valence-electron chi connectivity index (χ2n) is 4.55. The Bertz CT molecular complexity index is 245. The zero-order chi connectivity index (χ0) is 10.8. The summed E-state index contributed by atoms with van der Waals surface area (Å²) in [4.78, 5) is 22.2. The van der Waals surface area contributed by atoms with Gasteiger partial charge in [0.25, 0.3) is 0 Å². The van der Waals surface area contributed by atoms with E-state index >= 15 is 0 Å². The summed E-state index contributed by atoms with van der Waals surface area (Å²) in [6, 6.07) is -0.302. The van der Waals surface area contributed by atoms with Crippen LogP contribution in [-0.2, 0) is 4.79 Å². The minimum absolute atomic E-state index is 0.00828. The molecule has 0 aliphatic carbocycles. The van der Waals surface area contributed by atoms with Gasteiger partial charge in [-0.15, -0.1) is 0 Å². The predicted molar refractivity (Wildman–Crippen MR) is 52.8 cm³/mol. The molecule has 1 atom stereocenters. The van der Waals surface area contributed by atoms with Gasteiger partial charge < -0.3 is 16.0 Å². The Morgan fingerprint density at radius 3 is 2.57 bits per heavy atom. The number of hydrogen-bond donors (Lipinski definition) is 3. The van der Waals surface area contributed by atoms with E-state index in [0.29, 0.717) is 13.0 Å². The fraction of sp³-hybridized carbons (Fsp3) is 0.778. The molecule has 1 unspecified atom stereocenters. The van der Waals surface area contributed by atoms with Crippen molar-refractivity contribution in [2.45, 2.75) is 38.8 Å². The van der Waals surface area contributed by atoms with Gasteiger partial charge in [0.1, 0.15) is 0 Å². The SMILES string of the molecule is CC(C)(C)NC(=O)NC1CNC(=O)C1. The van der Waals surface area contributed by atoms with Crippen LogP contribution in [0.5, 0.6) is 0 Å². The molecule has 1 saturated heterocycles. The number of amides is 3. The normalized spacial score (nSPS) is 21.6. The number of hydrogen-bond acceptors (Lipinski definition) is 2. The zero-order valence-corrected chi connectivity index (χ0v) is 8.81. The maximum absolute atomic E-state index is 11.4. The average Bonchev–Trinajstić information content (AvgIpc) is 2.30. The summed E-state index contributed by atoms with van der Waals surface area (Å²) in [5, 5.41) is 8.16. The summed E-state index contributed by atoms with van der Waals surface area (Å²) in [7, 11) is 0. The third-order valence-electron chi connectivity index (χ3n) is 1.80. The highest BCUT2D eigenvalue weighted by atomic mass is 16.2. The predicted octanol–water partition coefficient (Wildman–Crippen LogP) is -0.0274. The van der Waals surface area contributed by atoms with Gasteiger partial charge >= 0.3 is 6.03 Å². The maximum atomic E-state index is 11.4. The van der Waals surface area contributed by atoms with Crippen LogP contribution < -0.4 is 16.0 Å². The van der Waals surface area contributed by atoms with Crippen LogP contribution in [0.2, 0.25) is 0 Å². The second-order valence-corrected chi connectivity index (χ2v) is 4.55. The fourth-order valence-electron chi connectivity index (χ4n) is 1.27. The summed E-state index contributed by atoms with van der Waals surface area (Å²) in [5.41, 5.74) is -0.250. The molecule has 3 N–H and O–H groups in total. The van der Waals surface area contributed by atoms with E-state index in [9.17, 15) is 9.59 Å². The van der Waals surface area contributed by atoms with Crippen molar-refractivity contribution in [2.24, 2.45) is 0 Å². The number of nitrogens with one attached hydrogen (secondary N) is 3. The van der Waals surface area contributed by atoms with Crippen molar-refractivity contribution in [1.82, 2.24) is 16.0 Å². The van der Waals surface area contributed by atoms with Crippen molar-refractivity contribution in [3.8, 4) is 0 Å². The van der Waals surface area contributed by atoms with Crippen molar-refractivity contribution >= 4 is 11.9 Å². The van der Waals surface area contributed by atoms with Crippen LogP contribution >= 0.6 is 0 Å². The van der Waals surface area contributed by atoms with Crippen LogP contribution in [0.3, 0.4) is 0 Å². The molecule has 1 aliphatic heterocycles. The largest absolute Gasteiger partial charge is 0.354 e. The lowest BCUT2D eigenvalue weighted by atomic mass is 10.1. The van der Waals surface area contributed by atoms with E-state index in [0.717, 1.165) is 0 Å². The zero-order valence-electron chi connectivity index (χ0n) is 8.81. The van der Waals surface area contributed by atoms with Crippen LogP contribution in [0.15, 0.2) is 0 Å². The molecule has 0 aromatic rings. The third-order valence-corrected chi connectivity index (χ3v) is 1.80. The van der Waals surface area contributed by atoms with Gasteiger partial charge in [-0.3, -0.25) is 4.79 Å². The van der Waals surface area contributed by atoms with Crippen molar-refractivity contribution in [1.29, 1.82) is 0 Å². The first kappa shape index (κ1) is 10.8. The molecule has 0 aromatic heterocycles. The molecule has 1 heterocycles. The van der Waals surface area contributed by atoms with Crippen LogP contribution in [0.4, 0.5) is 4.79 Å². The van der Waals surface area contributed by atoms with Crippen LogP contribution in [0.25, 0.3) is 0 Å². The lowest BCUT2D eigenvalue weighted by Gasteiger charge is -2.22. The van der Waals surface area contributed by atoms with Crippen LogP contribution in [0, 0.1) is 0 Å². The molecule has 0 radical (unpaired) electrons. The molecule has 1 fully saturated rings. The van der Waals surface area contributed by atoms with E-state index in [4.69, 9.17) is 0 Å². The molecule has 80 valence electrons. The summed E-state index contributed by atoms with van der Waals surface area (Å²) in [6.45, 7) is 6.25. The van der Waals surface area contributed by atoms with Gasteiger partial charge in [-0.1, -0.05) is 0 Å². The Labute approximate surface area is 83.6 Å². The van der Waals surface area contributed by atoms with Crippen LogP contribution in [-0.4, -0.2) is 30.1 Å². The Morgan fingerprint density at radius 2 is 2.14 bits per heavy atom. The van der Waals surface area contributed by atoms with E-state index in [1.54, 1.807) is 0 Å². The van der Waals surface area contributed by atoms with Gasteiger partial charge in [0.2, 0.25) is 5.91 Å². The number of carbonyl (C=O) groups excluding carboxylic acids is 2. The van der Waals surface area contributed by atoms with E-state index in [1.165, 1.54) is 0 Å². The summed E-state index contributed by atoms with van der Waals surface area (Å²) < 4.78 is 0. The topological polar surface area (TPSA) is 70.2 Å². The number of carbonyl (C=O) groups is 2. The number of rotatable bonds is 1. The molecule has 5 heteroatoms. The summed E-state index contributed by atoms with van der Waals surface area (Å²) in [5.74, 6) is -0.00828. The molecule has 1 rings (SSSR count). The van der Waals surface area contributed by atoms with Gasteiger partial charge in [0.15, 0.2) is 0 Å². The van der Waals surface area contributed by atoms with Gasteiger partial charge in [0.05, 0.1) is 6.04 Å². The Hall–Kier alpha value is -1.26. The summed E-state index contributed by atoms with van der Waals surface area (Å²) in [6.07, 6.45) is 0.373. The van der Waals surface area contributed by atoms with E-state index in [2.05, 4.69) is 16.0 Å². The maximum Gasteiger partial charge on any atom is 0.315 e. The highest BCUT2D eigenvalue weighted by Crippen LogP contribution is 2.01. The van der Waals surface area contributed by atoms with Crippen molar-refractivity contribution < 1.29 is 9.59 Å². The van der Waals surface area contributed by atoms with Gasteiger partial charge in [0, 0.05) is 18.5 Å². The first-order valence-electron chi connectivity index (χ1n) is 4.72. The van der Waals surface area contributed by atoms with Crippen molar-refractivity contribution in [3.63, 3.8) is 0 Å². The van der Waals surface area contributed by atoms with E-state index < -0.39 is 0 Å². The van der Waals surface area contributed by atoms with Crippen LogP contribution in [0.1, 0.15) is 27.2 Å². The minimum Gasteiger partial charge on any atom is -0.354 e. The molecule has 5 nitrogen and oxygen atoms in total. The van der Waals surface area contributed by atoms with Gasteiger partial charge in [-0.2, -0.15) is 0 Å². The first-order chi connectivity index (χ1) is 6.37. The average molecular weight is 199 g/mol. The second kappa shape index (κ2) is 3.86.